The van der Waals surface area contributed by atoms with E-state index in [4.69, 9.17) is 22.1 Å². The van der Waals surface area contributed by atoms with Crippen LogP contribution in [-0.4, -0.2) is 86.9 Å². The topological polar surface area (TPSA) is 177 Å². The lowest BCUT2D eigenvalue weighted by molar-refractivity contribution is -0.142. The minimum atomic E-state index is -3.79. The summed E-state index contributed by atoms with van der Waals surface area (Å²) in [5.41, 5.74) is 7.46. The van der Waals surface area contributed by atoms with Crippen molar-refractivity contribution in [3.05, 3.63) is 83.4 Å². The van der Waals surface area contributed by atoms with Gasteiger partial charge >= 0.3 is 0 Å². The number of sulfonamides is 1. The van der Waals surface area contributed by atoms with Gasteiger partial charge in [0.2, 0.25) is 27.6 Å². The van der Waals surface area contributed by atoms with E-state index in [0.29, 0.717) is 30.8 Å². The summed E-state index contributed by atoms with van der Waals surface area (Å²) in [7, 11) is -3.79. The van der Waals surface area contributed by atoms with Crippen LogP contribution in [0, 0.1) is 0 Å². The van der Waals surface area contributed by atoms with Gasteiger partial charge in [-0.05, 0) is 61.9 Å². The van der Waals surface area contributed by atoms with Crippen LogP contribution in [0.15, 0.2) is 67.3 Å². The Hall–Kier alpha value is -3.62. The molecule has 1 aliphatic heterocycles. The number of ether oxygens (including phenoxy) is 1. The Morgan fingerprint density at radius 1 is 1.06 bits per heavy atom. The van der Waals surface area contributed by atoms with E-state index in [1.165, 1.54) is 11.0 Å². The van der Waals surface area contributed by atoms with Gasteiger partial charge < -0.3 is 26.0 Å². The molecule has 12 nitrogen and oxygen atoms in total. The van der Waals surface area contributed by atoms with Crippen molar-refractivity contribution in [3.8, 4) is 0 Å². The first-order valence-electron chi connectivity index (χ1n) is 15.5. The first kappa shape index (κ1) is 37.8. The van der Waals surface area contributed by atoms with Crippen LogP contribution in [0.1, 0.15) is 43.2 Å². The van der Waals surface area contributed by atoms with Crippen molar-refractivity contribution in [3.63, 3.8) is 0 Å². The van der Waals surface area contributed by atoms with Gasteiger partial charge in [0.25, 0.3) is 5.91 Å². The molecule has 3 rings (SSSR count). The first-order valence-corrected chi connectivity index (χ1v) is 17.8. The van der Waals surface area contributed by atoms with Crippen LogP contribution >= 0.6 is 11.6 Å². The van der Waals surface area contributed by atoms with Crippen molar-refractivity contribution in [1.29, 1.82) is 0 Å². The molecule has 3 amide bonds. The van der Waals surface area contributed by atoms with Crippen molar-refractivity contribution in [1.82, 2.24) is 20.3 Å². The van der Waals surface area contributed by atoms with Crippen molar-refractivity contribution in [2.45, 2.75) is 69.4 Å². The number of nitrogens with one attached hydrogen (secondary N) is 3. The molecular formula is C33H44ClN5O7S. The largest absolute Gasteiger partial charge is 0.372 e. The van der Waals surface area contributed by atoms with E-state index in [1.54, 1.807) is 24.3 Å². The highest BCUT2D eigenvalue weighted by molar-refractivity contribution is 7.88. The molecule has 1 fully saturated rings. The maximum Gasteiger partial charge on any atom is 0.289 e. The Bertz CT molecular complexity index is 1470. The van der Waals surface area contributed by atoms with E-state index < -0.39 is 57.8 Å². The number of likely N-dealkylation sites (tertiary alicyclic amines) is 1. The maximum absolute atomic E-state index is 13.8. The number of rotatable bonds is 19. The average molecular weight is 690 g/mol. The fourth-order valence-corrected chi connectivity index (χ4v) is 6.11. The Balaban J connectivity index is 1.77. The van der Waals surface area contributed by atoms with Crippen LogP contribution in [0.3, 0.4) is 0 Å². The van der Waals surface area contributed by atoms with Crippen LogP contribution in [0.4, 0.5) is 0 Å². The number of carbonyl (C=O) groups is 4. The number of Topliss-reactive ketones (excluding diaryl/α,β-unsaturated/α-hetero) is 1. The zero-order valence-corrected chi connectivity index (χ0v) is 28.1. The summed E-state index contributed by atoms with van der Waals surface area (Å²) in [6.07, 6.45) is 3.56. The second kappa shape index (κ2) is 18.6. The highest BCUT2D eigenvalue weighted by Gasteiger charge is 2.43. The van der Waals surface area contributed by atoms with Gasteiger partial charge in [0, 0.05) is 24.5 Å². The summed E-state index contributed by atoms with van der Waals surface area (Å²) in [6.45, 7) is 4.40. The summed E-state index contributed by atoms with van der Waals surface area (Å²) >= 11 is 5.98. The maximum atomic E-state index is 13.8. The van der Waals surface area contributed by atoms with E-state index in [9.17, 15) is 27.6 Å². The molecule has 256 valence electrons. The number of ketones is 1. The summed E-state index contributed by atoms with van der Waals surface area (Å²) in [5.74, 6) is -2.93. The van der Waals surface area contributed by atoms with E-state index >= 15 is 0 Å². The van der Waals surface area contributed by atoms with Gasteiger partial charge in [0.05, 0.1) is 25.0 Å². The molecule has 0 saturated carbocycles. The molecule has 0 spiro atoms. The Labute approximate surface area is 281 Å². The standard InChI is InChI=1S/C33H44ClN5O7S/c1-3-9-28(38-47(2,44)45)33(43)39-21-26(46-22-24-13-15-25(34)16-14-24)20-29(39)31(41)37-27(12-7-8-18-35)30(40)32(42)36-19-17-23-10-5-4-6-11-23/h3-6,10-11,13-16,26-29,38H,1,7-9,12,17-22,35H2,2H3,(H,36,42)(H,37,41)/t26-,27?,28-,29+/m1/s1. The van der Waals surface area contributed by atoms with Gasteiger partial charge in [-0.25, -0.2) is 13.1 Å². The highest BCUT2D eigenvalue weighted by Crippen LogP contribution is 2.24. The average Bonchev–Trinajstić information content (AvgIpc) is 3.47. The number of benzene rings is 2. The van der Waals surface area contributed by atoms with Crippen molar-refractivity contribution < 1.29 is 32.3 Å². The summed E-state index contributed by atoms with van der Waals surface area (Å²) in [6, 6.07) is 13.0. The van der Waals surface area contributed by atoms with Crippen molar-refractivity contribution in [2.24, 2.45) is 5.73 Å². The monoisotopic (exact) mass is 689 g/mol. The van der Waals surface area contributed by atoms with Gasteiger partial charge in [-0.1, -0.05) is 60.1 Å². The van der Waals surface area contributed by atoms with Crippen LogP contribution in [-0.2, 0) is 47.0 Å². The molecule has 1 heterocycles. The Morgan fingerprint density at radius 3 is 2.40 bits per heavy atom. The van der Waals surface area contributed by atoms with E-state index in [0.717, 1.165) is 17.4 Å². The number of nitrogens with two attached hydrogens (primary N) is 1. The van der Waals surface area contributed by atoms with Crippen LogP contribution in [0.25, 0.3) is 0 Å². The van der Waals surface area contributed by atoms with E-state index in [-0.39, 0.29) is 39.0 Å². The van der Waals surface area contributed by atoms with Crippen LogP contribution in [0.5, 0.6) is 0 Å². The third-order valence-electron chi connectivity index (χ3n) is 7.65. The molecule has 1 unspecified atom stereocenters. The molecular weight excluding hydrogens is 646 g/mol. The minimum absolute atomic E-state index is 0.00461. The molecule has 14 heteroatoms. The summed E-state index contributed by atoms with van der Waals surface area (Å²) in [5, 5.41) is 5.90. The first-order chi connectivity index (χ1) is 22.4. The SMILES string of the molecule is C=CC[C@@H](NS(C)(=O)=O)C(=O)N1C[C@H](OCc2ccc(Cl)cc2)C[C@H]1C(=O)NC(CCCCN)C(=O)C(=O)NCCc1ccccc1. The number of halogens is 1. The second-order valence-electron chi connectivity index (χ2n) is 11.5. The van der Waals surface area contributed by atoms with Crippen molar-refractivity contribution >= 4 is 45.1 Å². The van der Waals surface area contributed by atoms with Crippen LogP contribution < -0.4 is 21.1 Å². The minimum Gasteiger partial charge on any atom is -0.372 e. The van der Waals surface area contributed by atoms with Gasteiger partial charge in [0.1, 0.15) is 12.1 Å². The van der Waals surface area contributed by atoms with Gasteiger partial charge in [-0.3, -0.25) is 19.2 Å². The predicted molar refractivity (Wildman–Crippen MR) is 180 cm³/mol. The lowest BCUT2D eigenvalue weighted by Gasteiger charge is -2.29. The third kappa shape index (κ3) is 12.5. The van der Waals surface area contributed by atoms with Crippen LogP contribution in [0.2, 0.25) is 5.02 Å². The number of hydrogen-bond acceptors (Lipinski definition) is 8. The lowest BCUT2D eigenvalue weighted by atomic mass is 10.0. The second-order valence-corrected chi connectivity index (χ2v) is 13.7. The third-order valence-corrected chi connectivity index (χ3v) is 8.61. The number of carbonyl (C=O) groups excluding carboxylic acids is 4. The number of nitrogens with zero attached hydrogens (tertiary/aromatic N) is 1. The quantitative estimate of drug-likeness (QED) is 0.0982. The van der Waals surface area contributed by atoms with Gasteiger partial charge in [-0.2, -0.15) is 0 Å². The van der Waals surface area contributed by atoms with E-state index in [1.807, 2.05) is 30.3 Å². The molecule has 4 atom stereocenters. The lowest BCUT2D eigenvalue weighted by Crippen LogP contribution is -2.56. The molecule has 0 aromatic heterocycles. The van der Waals surface area contributed by atoms with Crippen molar-refractivity contribution in [2.75, 3.05) is 25.9 Å². The molecule has 0 aliphatic carbocycles. The zero-order valence-electron chi connectivity index (χ0n) is 26.5. The van der Waals surface area contributed by atoms with Gasteiger partial charge in [0.15, 0.2) is 0 Å². The fraction of sp³-hybridized carbons (Fsp3) is 0.455. The Morgan fingerprint density at radius 2 is 1.77 bits per heavy atom. The number of unbranched alkanes of at least 4 members (excludes halogenated alkanes) is 1. The number of amides is 3. The fourth-order valence-electron chi connectivity index (χ4n) is 5.27. The summed E-state index contributed by atoms with van der Waals surface area (Å²) in [4.78, 5) is 54.9. The molecule has 1 saturated heterocycles. The highest BCUT2D eigenvalue weighted by atomic mass is 35.5. The molecule has 2 aromatic rings. The number of hydrogen-bond donors (Lipinski definition) is 4. The summed E-state index contributed by atoms with van der Waals surface area (Å²) < 4.78 is 32.5. The predicted octanol–water partition coefficient (Wildman–Crippen LogP) is 1.86. The molecule has 0 radical (unpaired) electrons. The van der Waals surface area contributed by atoms with E-state index in [2.05, 4.69) is 21.9 Å². The Kier molecular flexibility index (Phi) is 15.0. The zero-order chi connectivity index (χ0) is 34.4. The normalized spacial score (nSPS) is 17.5. The van der Waals surface area contributed by atoms with Gasteiger partial charge in [-0.15, -0.1) is 6.58 Å². The molecule has 47 heavy (non-hydrogen) atoms. The molecule has 2 aromatic carbocycles. The molecule has 0 bridgehead atoms. The smallest absolute Gasteiger partial charge is 0.289 e. The molecule has 5 N–H and O–H groups in total. The molecule has 1 aliphatic rings.